The van der Waals surface area contributed by atoms with Gasteiger partial charge in [0.25, 0.3) is 10.2 Å². The topological polar surface area (TPSA) is 61.4 Å². The average Bonchev–Trinajstić information content (AvgIpc) is 2.42. The monoisotopic (exact) mass is 361 g/mol. The number of halogens is 1. The third kappa shape index (κ3) is 4.53. The lowest BCUT2D eigenvalue weighted by Gasteiger charge is -2.28. The molecule has 2 N–H and O–H groups in total. The molecule has 0 aromatic heterocycles. The molecule has 0 amide bonds. The number of piperazine rings is 1. The smallest absolute Gasteiger partial charge is 0.279 e. The van der Waals surface area contributed by atoms with Crippen LogP contribution < -0.4 is 10.0 Å². The van der Waals surface area contributed by atoms with Crippen molar-refractivity contribution in [2.45, 2.75) is 19.4 Å². The molecule has 1 unspecified atom stereocenters. The van der Waals surface area contributed by atoms with Crippen LogP contribution in [0, 0.1) is 0 Å². The Morgan fingerprint density at radius 3 is 2.50 bits per heavy atom. The molecule has 0 bridgehead atoms. The van der Waals surface area contributed by atoms with E-state index in [1.54, 1.807) is 0 Å². The fourth-order valence-corrected chi connectivity index (χ4v) is 3.90. The molecular formula is C13H20BrN3O2S. The molecule has 0 saturated carbocycles. The van der Waals surface area contributed by atoms with Crippen LogP contribution in [-0.4, -0.2) is 44.9 Å². The van der Waals surface area contributed by atoms with Gasteiger partial charge in [-0.3, -0.25) is 0 Å². The summed E-state index contributed by atoms with van der Waals surface area (Å²) in [6.07, 6.45) is 0.679. The molecule has 1 aliphatic heterocycles. The van der Waals surface area contributed by atoms with Gasteiger partial charge in [-0.15, -0.1) is 0 Å². The number of hydrogen-bond acceptors (Lipinski definition) is 3. The van der Waals surface area contributed by atoms with Crippen molar-refractivity contribution in [3.63, 3.8) is 0 Å². The molecule has 2 rings (SSSR count). The first-order valence-corrected chi connectivity index (χ1v) is 8.93. The second kappa shape index (κ2) is 7.00. The third-order valence-electron chi connectivity index (χ3n) is 3.22. The molecule has 112 valence electrons. The summed E-state index contributed by atoms with van der Waals surface area (Å²) in [5.41, 5.74) is 1.11. The Morgan fingerprint density at radius 2 is 1.90 bits per heavy atom. The van der Waals surface area contributed by atoms with Gasteiger partial charge >= 0.3 is 0 Å². The van der Waals surface area contributed by atoms with Crippen LogP contribution in [0.1, 0.15) is 12.5 Å². The number of rotatable bonds is 5. The summed E-state index contributed by atoms with van der Waals surface area (Å²) in [6.45, 7) is 4.37. The average molecular weight is 362 g/mol. The zero-order valence-electron chi connectivity index (χ0n) is 11.5. The number of benzene rings is 1. The first kappa shape index (κ1) is 15.9. The number of nitrogens with one attached hydrogen (secondary N) is 2. The van der Waals surface area contributed by atoms with Crippen LogP contribution in [0.25, 0.3) is 0 Å². The fraction of sp³-hybridized carbons (Fsp3) is 0.538. The molecule has 5 nitrogen and oxygen atoms in total. The van der Waals surface area contributed by atoms with E-state index in [4.69, 9.17) is 0 Å². The van der Waals surface area contributed by atoms with Crippen LogP contribution in [0.2, 0.25) is 0 Å². The molecule has 1 aromatic rings. The first-order chi connectivity index (χ1) is 9.47. The highest BCUT2D eigenvalue weighted by Crippen LogP contribution is 2.12. The Balaban J connectivity index is 1.92. The maximum Gasteiger partial charge on any atom is 0.279 e. The number of nitrogens with zero attached hydrogens (tertiary/aromatic N) is 1. The lowest BCUT2D eigenvalue weighted by atomic mass is 10.1. The Hall–Kier alpha value is -0.470. The summed E-state index contributed by atoms with van der Waals surface area (Å²) in [7, 11) is -3.38. The van der Waals surface area contributed by atoms with Gasteiger partial charge in [0, 0.05) is 36.7 Å². The lowest BCUT2D eigenvalue weighted by molar-refractivity contribution is 0.352. The van der Waals surface area contributed by atoms with Gasteiger partial charge in [-0.05, 0) is 31.0 Å². The van der Waals surface area contributed by atoms with E-state index < -0.39 is 10.2 Å². The molecule has 0 aliphatic carbocycles. The molecule has 0 radical (unpaired) electrons. The van der Waals surface area contributed by atoms with Gasteiger partial charge in [0.15, 0.2) is 0 Å². The lowest BCUT2D eigenvalue weighted by Crippen LogP contribution is -2.52. The van der Waals surface area contributed by atoms with Crippen molar-refractivity contribution in [3.8, 4) is 0 Å². The maximum absolute atomic E-state index is 12.2. The molecule has 1 aliphatic rings. The van der Waals surface area contributed by atoms with Crippen molar-refractivity contribution in [2.75, 3.05) is 26.2 Å². The van der Waals surface area contributed by atoms with Crippen LogP contribution >= 0.6 is 15.9 Å². The van der Waals surface area contributed by atoms with Crippen LogP contribution in [0.15, 0.2) is 28.7 Å². The Labute approximate surface area is 129 Å². The van der Waals surface area contributed by atoms with E-state index >= 15 is 0 Å². The second-order valence-corrected chi connectivity index (χ2v) is 7.62. The highest BCUT2D eigenvalue weighted by molar-refractivity contribution is 9.10. The zero-order chi connectivity index (χ0) is 14.6. The molecule has 1 aromatic carbocycles. The third-order valence-corrected chi connectivity index (χ3v) is 5.50. The summed E-state index contributed by atoms with van der Waals surface area (Å²) in [5, 5.41) is 3.15. The van der Waals surface area contributed by atoms with Gasteiger partial charge in [-0.1, -0.05) is 28.1 Å². The van der Waals surface area contributed by atoms with Crippen molar-refractivity contribution in [2.24, 2.45) is 0 Å². The van der Waals surface area contributed by atoms with Gasteiger partial charge < -0.3 is 5.32 Å². The number of hydrogen-bond donors (Lipinski definition) is 2. The summed E-state index contributed by atoms with van der Waals surface area (Å²) in [4.78, 5) is 0. The molecule has 1 saturated heterocycles. The van der Waals surface area contributed by atoms with Gasteiger partial charge in [0.2, 0.25) is 0 Å². The molecule has 1 atom stereocenters. The van der Waals surface area contributed by atoms with Crippen molar-refractivity contribution in [3.05, 3.63) is 34.3 Å². The summed E-state index contributed by atoms with van der Waals surface area (Å²) < 4.78 is 29.7. The van der Waals surface area contributed by atoms with Crippen molar-refractivity contribution in [1.82, 2.24) is 14.3 Å². The standard InChI is InChI=1S/C13H20BrN3O2S/c1-11(10-12-2-4-13(14)5-3-12)16-20(18,19)17-8-6-15-7-9-17/h2-5,11,15-16H,6-10H2,1H3. The first-order valence-electron chi connectivity index (χ1n) is 6.70. The van der Waals surface area contributed by atoms with E-state index in [1.807, 2.05) is 31.2 Å². The van der Waals surface area contributed by atoms with Gasteiger partial charge in [-0.2, -0.15) is 17.4 Å². The fourth-order valence-electron chi connectivity index (χ4n) is 2.23. The summed E-state index contributed by atoms with van der Waals surface area (Å²) in [5.74, 6) is 0. The van der Waals surface area contributed by atoms with Gasteiger partial charge in [0.1, 0.15) is 0 Å². The van der Waals surface area contributed by atoms with Crippen molar-refractivity contribution >= 4 is 26.1 Å². The minimum absolute atomic E-state index is 0.129. The molecule has 0 spiro atoms. The quantitative estimate of drug-likeness (QED) is 0.825. The van der Waals surface area contributed by atoms with Crippen LogP contribution in [-0.2, 0) is 16.6 Å². The molecule has 7 heteroatoms. The highest BCUT2D eigenvalue weighted by Gasteiger charge is 2.25. The molecule has 20 heavy (non-hydrogen) atoms. The largest absolute Gasteiger partial charge is 0.314 e. The Kier molecular flexibility index (Phi) is 5.57. The molecule has 1 fully saturated rings. The van der Waals surface area contributed by atoms with Crippen LogP contribution in [0.3, 0.4) is 0 Å². The van der Waals surface area contributed by atoms with Crippen molar-refractivity contribution < 1.29 is 8.42 Å². The van der Waals surface area contributed by atoms with Gasteiger partial charge in [0.05, 0.1) is 0 Å². The van der Waals surface area contributed by atoms with Crippen LogP contribution in [0.5, 0.6) is 0 Å². The van der Waals surface area contributed by atoms with Crippen molar-refractivity contribution in [1.29, 1.82) is 0 Å². The van der Waals surface area contributed by atoms with E-state index in [1.165, 1.54) is 4.31 Å². The van der Waals surface area contributed by atoms with Gasteiger partial charge in [-0.25, -0.2) is 0 Å². The second-order valence-electron chi connectivity index (χ2n) is 5.00. The van der Waals surface area contributed by atoms with Crippen LogP contribution in [0.4, 0.5) is 0 Å². The normalized spacial score (nSPS) is 18.9. The maximum atomic E-state index is 12.2. The molecular weight excluding hydrogens is 342 g/mol. The Bertz CT molecular complexity index is 527. The van der Waals surface area contributed by atoms with E-state index in [0.717, 1.165) is 10.0 Å². The minimum atomic E-state index is -3.38. The highest BCUT2D eigenvalue weighted by atomic mass is 79.9. The summed E-state index contributed by atoms with van der Waals surface area (Å²) in [6, 6.07) is 7.80. The van der Waals surface area contributed by atoms with E-state index in [9.17, 15) is 8.42 Å². The predicted octanol–water partition coefficient (Wildman–Crippen LogP) is 1.12. The zero-order valence-corrected chi connectivity index (χ0v) is 13.9. The summed E-state index contributed by atoms with van der Waals surface area (Å²) >= 11 is 3.39. The van der Waals surface area contributed by atoms with E-state index in [2.05, 4.69) is 26.0 Å². The predicted molar refractivity (Wildman–Crippen MR) is 83.8 cm³/mol. The SMILES string of the molecule is CC(Cc1ccc(Br)cc1)NS(=O)(=O)N1CCNCC1. The minimum Gasteiger partial charge on any atom is -0.314 e. The molecule has 1 heterocycles. The van der Waals surface area contributed by atoms with E-state index in [-0.39, 0.29) is 6.04 Å². The Morgan fingerprint density at radius 1 is 1.30 bits per heavy atom. The van der Waals surface area contributed by atoms with E-state index in [0.29, 0.717) is 32.6 Å².